The van der Waals surface area contributed by atoms with Crippen LogP contribution in [0.4, 0.5) is 10.5 Å². The van der Waals surface area contributed by atoms with Gasteiger partial charge < -0.3 is 20.1 Å². The molecule has 1 unspecified atom stereocenters. The summed E-state index contributed by atoms with van der Waals surface area (Å²) in [6.45, 7) is 0.578. The molecule has 1 aromatic rings. The van der Waals surface area contributed by atoms with Gasteiger partial charge in [0, 0.05) is 16.7 Å². The van der Waals surface area contributed by atoms with Crippen molar-refractivity contribution in [1.82, 2.24) is 4.90 Å². The monoisotopic (exact) mass is 362 g/mol. The second kappa shape index (κ2) is 6.43. The molecule has 0 saturated carbocycles. The van der Waals surface area contributed by atoms with Gasteiger partial charge >= 0.3 is 12.0 Å². The average molecular weight is 364 g/mol. The van der Waals surface area contributed by atoms with Gasteiger partial charge in [0.15, 0.2) is 6.10 Å². The fourth-order valence-corrected chi connectivity index (χ4v) is 2.26. The third-order valence-electron chi connectivity index (χ3n) is 2.80. The summed E-state index contributed by atoms with van der Waals surface area (Å²) < 4.78 is 5.73. The summed E-state index contributed by atoms with van der Waals surface area (Å²) in [4.78, 5) is 24.3. The second-order valence-electron chi connectivity index (χ2n) is 4.20. The Balaban J connectivity index is 2.00. The van der Waals surface area contributed by atoms with E-state index in [0.29, 0.717) is 21.7 Å². The molecule has 0 radical (unpaired) electrons. The van der Waals surface area contributed by atoms with E-state index in [1.54, 1.807) is 18.2 Å². The highest BCUT2D eigenvalue weighted by molar-refractivity contribution is 9.10. The van der Waals surface area contributed by atoms with E-state index in [-0.39, 0.29) is 19.2 Å². The number of carboxylic acid groups (broad SMARTS) is 1. The van der Waals surface area contributed by atoms with Gasteiger partial charge in [-0.1, -0.05) is 11.6 Å². The predicted octanol–water partition coefficient (Wildman–Crippen LogP) is 2.42. The van der Waals surface area contributed by atoms with Crippen LogP contribution < -0.4 is 5.32 Å². The van der Waals surface area contributed by atoms with Crippen molar-refractivity contribution in [2.45, 2.75) is 6.10 Å². The first-order valence-corrected chi connectivity index (χ1v) is 7.00. The Labute approximate surface area is 128 Å². The van der Waals surface area contributed by atoms with Crippen LogP contribution in [0.5, 0.6) is 0 Å². The zero-order chi connectivity index (χ0) is 14.7. The Kier molecular flexibility index (Phi) is 4.85. The van der Waals surface area contributed by atoms with E-state index in [9.17, 15) is 9.59 Å². The number of nitrogens with zero attached hydrogens (tertiary/aromatic N) is 1. The highest BCUT2D eigenvalue weighted by Crippen LogP contribution is 2.25. The molecule has 1 aliphatic rings. The van der Waals surface area contributed by atoms with Crippen LogP contribution in [0.2, 0.25) is 5.02 Å². The van der Waals surface area contributed by atoms with Gasteiger partial charge in [-0.25, -0.2) is 9.59 Å². The number of carboxylic acids is 1. The molecule has 8 heteroatoms. The normalized spacial score (nSPS) is 18.7. The number of halogens is 2. The Morgan fingerprint density at radius 1 is 1.50 bits per heavy atom. The first-order valence-electron chi connectivity index (χ1n) is 5.83. The number of amides is 2. The van der Waals surface area contributed by atoms with Crippen LogP contribution in [0.3, 0.4) is 0 Å². The number of carbonyl (C=O) groups excluding carboxylic acids is 1. The number of benzene rings is 1. The maximum absolute atomic E-state index is 12.0. The van der Waals surface area contributed by atoms with Gasteiger partial charge in [0.1, 0.15) is 0 Å². The molecule has 1 atom stereocenters. The Morgan fingerprint density at radius 2 is 2.25 bits per heavy atom. The van der Waals surface area contributed by atoms with Crippen molar-refractivity contribution in [3.8, 4) is 0 Å². The molecule has 0 aromatic heterocycles. The largest absolute Gasteiger partial charge is 0.479 e. The van der Waals surface area contributed by atoms with Crippen LogP contribution in [0, 0.1) is 0 Å². The molecule has 2 N–H and O–H groups in total. The number of aliphatic carboxylic acids is 1. The van der Waals surface area contributed by atoms with E-state index in [1.165, 1.54) is 4.90 Å². The molecular formula is C12H12BrClN2O4. The number of ether oxygens (including phenoxy) is 1. The molecule has 0 bridgehead atoms. The van der Waals surface area contributed by atoms with Crippen LogP contribution in [-0.4, -0.2) is 47.8 Å². The molecule has 1 aromatic carbocycles. The fourth-order valence-electron chi connectivity index (χ4n) is 1.76. The molecule has 6 nitrogen and oxygen atoms in total. The lowest BCUT2D eigenvalue weighted by molar-refractivity contribution is -0.154. The quantitative estimate of drug-likeness (QED) is 0.846. The summed E-state index contributed by atoms with van der Waals surface area (Å²) in [5.41, 5.74) is 0.574. The molecular weight excluding hydrogens is 351 g/mol. The van der Waals surface area contributed by atoms with Crippen molar-refractivity contribution >= 4 is 45.2 Å². The topological polar surface area (TPSA) is 78.9 Å². The van der Waals surface area contributed by atoms with E-state index >= 15 is 0 Å². The van der Waals surface area contributed by atoms with Gasteiger partial charge in [-0.05, 0) is 34.1 Å². The molecule has 108 valence electrons. The van der Waals surface area contributed by atoms with Gasteiger partial charge in [-0.3, -0.25) is 0 Å². The number of hydrogen-bond acceptors (Lipinski definition) is 3. The Bertz CT molecular complexity index is 540. The standard InChI is InChI=1S/C12H12BrClN2O4/c13-8-5-7(1-2-9(8)14)15-12(19)16-3-4-20-10(6-16)11(17)18/h1-2,5,10H,3-4,6H2,(H,15,19)(H,17,18). The van der Waals surface area contributed by atoms with Gasteiger partial charge in [-0.15, -0.1) is 0 Å². The van der Waals surface area contributed by atoms with Crippen LogP contribution in [-0.2, 0) is 9.53 Å². The van der Waals surface area contributed by atoms with Crippen molar-refractivity contribution in [2.75, 3.05) is 25.0 Å². The van der Waals surface area contributed by atoms with E-state index in [1.807, 2.05) is 0 Å². The second-order valence-corrected chi connectivity index (χ2v) is 5.46. The van der Waals surface area contributed by atoms with Crippen molar-refractivity contribution in [3.05, 3.63) is 27.7 Å². The molecule has 20 heavy (non-hydrogen) atoms. The van der Waals surface area contributed by atoms with Crippen LogP contribution in [0.1, 0.15) is 0 Å². The summed E-state index contributed by atoms with van der Waals surface area (Å²) >= 11 is 9.13. The van der Waals surface area contributed by atoms with Crippen molar-refractivity contribution in [2.24, 2.45) is 0 Å². The first kappa shape index (κ1) is 15.1. The number of rotatable bonds is 2. The molecule has 1 fully saturated rings. The number of morpholine rings is 1. The predicted molar refractivity (Wildman–Crippen MR) is 77.1 cm³/mol. The molecule has 1 saturated heterocycles. The molecule has 1 heterocycles. The number of carbonyl (C=O) groups is 2. The lowest BCUT2D eigenvalue weighted by atomic mass is 10.3. The number of urea groups is 1. The summed E-state index contributed by atoms with van der Waals surface area (Å²) in [5, 5.41) is 12.1. The molecule has 2 rings (SSSR count). The third-order valence-corrected chi connectivity index (χ3v) is 4.01. The van der Waals surface area contributed by atoms with Gasteiger partial charge in [0.05, 0.1) is 18.2 Å². The average Bonchev–Trinajstić information content (AvgIpc) is 2.43. The van der Waals surface area contributed by atoms with E-state index in [2.05, 4.69) is 21.2 Å². The minimum absolute atomic E-state index is 0.0237. The number of hydrogen-bond donors (Lipinski definition) is 2. The van der Waals surface area contributed by atoms with Crippen molar-refractivity contribution in [1.29, 1.82) is 0 Å². The van der Waals surface area contributed by atoms with Gasteiger partial charge in [0.25, 0.3) is 0 Å². The lowest BCUT2D eigenvalue weighted by Gasteiger charge is -2.30. The van der Waals surface area contributed by atoms with Gasteiger partial charge in [0.2, 0.25) is 0 Å². The van der Waals surface area contributed by atoms with E-state index in [4.69, 9.17) is 21.4 Å². The summed E-state index contributed by atoms with van der Waals surface area (Å²) in [7, 11) is 0. The minimum Gasteiger partial charge on any atom is -0.479 e. The number of nitrogens with one attached hydrogen (secondary N) is 1. The van der Waals surface area contributed by atoms with E-state index < -0.39 is 12.1 Å². The maximum atomic E-state index is 12.0. The Morgan fingerprint density at radius 3 is 2.90 bits per heavy atom. The third kappa shape index (κ3) is 3.62. The molecule has 0 aliphatic carbocycles. The fraction of sp³-hybridized carbons (Fsp3) is 0.333. The molecule has 0 spiro atoms. The lowest BCUT2D eigenvalue weighted by Crippen LogP contribution is -2.49. The zero-order valence-corrected chi connectivity index (χ0v) is 12.6. The van der Waals surface area contributed by atoms with Crippen molar-refractivity contribution in [3.63, 3.8) is 0 Å². The van der Waals surface area contributed by atoms with Gasteiger partial charge in [-0.2, -0.15) is 0 Å². The number of anilines is 1. The van der Waals surface area contributed by atoms with Crippen LogP contribution >= 0.6 is 27.5 Å². The van der Waals surface area contributed by atoms with Crippen LogP contribution in [0.15, 0.2) is 22.7 Å². The minimum atomic E-state index is -1.07. The molecule has 1 aliphatic heterocycles. The Hall–Kier alpha value is -1.31. The highest BCUT2D eigenvalue weighted by atomic mass is 79.9. The summed E-state index contributed by atoms with van der Waals surface area (Å²) in [5.74, 6) is -1.07. The SMILES string of the molecule is O=C(O)C1CN(C(=O)Nc2ccc(Cl)c(Br)c2)CCO1. The maximum Gasteiger partial charge on any atom is 0.334 e. The van der Waals surface area contributed by atoms with Crippen LogP contribution in [0.25, 0.3) is 0 Å². The summed E-state index contributed by atoms with van der Waals surface area (Å²) in [6.07, 6.45) is -0.980. The smallest absolute Gasteiger partial charge is 0.334 e. The first-order chi connectivity index (χ1) is 9.47. The molecule has 2 amide bonds. The summed E-state index contributed by atoms with van der Waals surface area (Å²) in [6, 6.07) is 4.63. The highest BCUT2D eigenvalue weighted by Gasteiger charge is 2.28. The van der Waals surface area contributed by atoms with Crippen molar-refractivity contribution < 1.29 is 19.4 Å². The zero-order valence-electron chi connectivity index (χ0n) is 10.3. The van der Waals surface area contributed by atoms with E-state index in [0.717, 1.165) is 0 Å².